The molecular weight excluding hydrogens is 386 g/mol. The Bertz CT molecular complexity index is 1330. The molecule has 4 aromatic rings. The van der Waals surface area contributed by atoms with Crippen molar-refractivity contribution in [1.29, 1.82) is 5.41 Å². The van der Waals surface area contributed by atoms with Gasteiger partial charge in [0.05, 0.1) is 23.3 Å². The molecular formula is C25H27N5O. The number of benzene rings is 2. The van der Waals surface area contributed by atoms with Crippen molar-refractivity contribution in [3.63, 3.8) is 0 Å². The average Bonchev–Trinajstić information content (AvgIpc) is 3.32. The normalized spacial score (nSPS) is 17.1. The van der Waals surface area contributed by atoms with Gasteiger partial charge in [0.25, 0.3) is 5.91 Å². The molecule has 1 aliphatic heterocycles. The molecule has 0 radical (unpaired) electrons. The number of fused-ring (bicyclic) bond motifs is 2. The maximum atomic E-state index is 13.1. The topological polar surface area (TPSA) is 66.9 Å². The fraction of sp³-hybridized carbons (Fsp3) is 0.320. The summed E-state index contributed by atoms with van der Waals surface area (Å²) in [4.78, 5) is 19.8. The number of nitrogens with zero attached hydrogens (tertiary/aromatic N) is 4. The minimum atomic E-state index is -0.0200. The standard InChI is InChI=1S/C25H27N5O/c1-4-30-21-8-6-5-7-17(21)14-23(30)24-27-20-13-18(9-10-22(20)28(24)3)25(31)29-12-11-16(2)19(26)15-29/h5-10,13-14,16,26H,4,11-12,15H2,1-3H3/t16-/m0/s1. The van der Waals surface area contributed by atoms with E-state index in [0.717, 1.165) is 35.5 Å². The van der Waals surface area contributed by atoms with Gasteiger partial charge < -0.3 is 19.4 Å². The van der Waals surface area contributed by atoms with Gasteiger partial charge in [0, 0.05) is 42.3 Å². The SMILES string of the molecule is CCn1c(-c2nc3cc(C(=O)N4CC[C@H](C)C(=N)C4)ccc3n2C)cc2ccccc21. The molecule has 0 unspecified atom stereocenters. The van der Waals surface area contributed by atoms with Crippen LogP contribution in [0.4, 0.5) is 0 Å². The lowest BCUT2D eigenvalue weighted by atomic mass is 9.96. The number of para-hydroxylation sites is 1. The van der Waals surface area contributed by atoms with Crippen molar-refractivity contribution in [2.75, 3.05) is 13.1 Å². The van der Waals surface area contributed by atoms with Crippen LogP contribution in [-0.2, 0) is 13.6 Å². The molecule has 31 heavy (non-hydrogen) atoms. The van der Waals surface area contributed by atoms with Crippen molar-refractivity contribution in [3.8, 4) is 11.5 Å². The fourth-order valence-electron chi connectivity index (χ4n) is 4.62. The molecule has 1 saturated heterocycles. The Morgan fingerprint density at radius 3 is 2.74 bits per heavy atom. The molecule has 2 aromatic carbocycles. The lowest BCUT2D eigenvalue weighted by Crippen LogP contribution is -2.43. The van der Waals surface area contributed by atoms with E-state index in [1.807, 2.05) is 25.2 Å². The van der Waals surface area contributed by atoms with Gasteiger partial charge in [-0.3, -0.25) is 4.79 Å². The zero-order valence-corrected chi connectivity index (χ0v) is 18.2. The predicted molar refractivity (Wildman–Crippen MR) is 125 cm³/mol. The Morgan fingerprint density at radius 2 is 1.97 bits per heavy atom. The van der Waals surface area contributed by atoms with Crippen LogP contribution in [0.3, 0.4) is 0 Å². The second-order valence-corrected chi connectivity index (χ2v) is 8.47. The Balaban J connectivity index is 1.55. The van der Waals surface area contributed by atoms with E-state index >= 15 is 0 Å². The number of hydrogen-bond acceptors (Lipinski definition) is 3. The Morgan fingerprint density at radius 1 is 1.16 bits per heavy atom. The summed E-state index contributed by atoms with van der Waals surface area (Å²) in [5.41, 5.74) is 5.36. The van der Waals surface area contributed by atoms with Crippen LogP contribution < -0.4 is 0 Å². The molecule has 1 amide bonds. The van der Waals surface area contributed by atoms with Crippen LogP contribution in [-0.4, -0.2) is 43.7 Å². The van der Waals surface area contributed by atoms with Crippen molar-refractivity contribution in [1.82, 2.24) is 19.0 Å². The van der Waals surface area contributed by atoms with Crippen molar-refractivity contribution >= 4 is 33.6 Å². The van der Waals surface area contributed by atoms with Crippen LogP contribution in [0.1, 0.15) is 30.6 Å². The van der Waals surface area contributed by atoms with Gasteiger partial charge >= 0.3 is 0 Å². The molecule has 1 N–H and O–H groups in total. The van der Waals surface area contributed by atoms with Crippen LogP contribution in [0.2, 0.25) is 0 Å². The van der Waals surface area contributed by atoms with Crippen LogP contribution >= 0.6 is 0 Å². The number of hydrogen-bond donors (Lipinski definition) is 1. The van der Waals surface area contributed by atoms with Gasteiger partial charge in [0.15, 0.2) is 5.82 Å². The van der Waals surface area contributed by atoms with Crippen LogP contribution in [0.15, 0.2) is 48.5 Å². The summed E-state index contributed by atoms with van der Waals surface area (Å²) in [7, 11) is 2.02. The molecule has 6 nitrogen and oxygen atoms in total. The number of nitrogens with one attached hydrogen (secondary N) is 1. The van der Waals surface area contributed by atoms with Crippen molar-refractivity contribution in [3.05, 3.63) is 54.1 Å². The second kappa shape index (κ2) is 7.38. The molecule has 3 heterocycles. The zero-order valence-electron chi connectivity index (χ0n) is 18.2. The van der Waals surface area contributed by atoms with Gasteiger partial charge in [-0.25, -0.2) is 4.98 Å². The van der Waals surface area contributed by atoms with E-state index in [0.29, 0.717) is 24.4 Å². The fourth-order valence-corrected chi connectivity index (χ4v) is 4.62. The largest absolute Gasteiger partial charge is 0.338 e. The van der Waals surface area contributed by atoms with Gasteiger partial charge in [0.2, 0.25) is 0 Å². The highest BCUT2D eigenvalue weighted by Crippen LogP contribution is 2.30. The average molecular weight is 414 g/mol. The lowest BCUT2D eigenvalue weighted by molar-refractivity contribution is 0.0761. The second-order valence-electron chi connectivity index (χ2n) is 8.47. The molecule has 6 heteroatoms. The maximum absolute atomic E-state index is 13.1. The number of amides is 1. The highest BCUT2D eigenvalue weighted by molar-refractivity contribution is 6.00. The van der Waals surface area contributed by atoms with Crippen LogP contribution in [0.5, 0.6) is 0 Å². The predicted octanol–water partition coefficient (Wildman–Crippen LogP) is 4.72. The number of imidazole rings is 1. The number of likely N-dealkylation sites (tertiary alicyclic amines) is 1. The van der Waals surface area contributed by atoms with Gasteiger partial charge in [-0.2, -0.15) is 0 Å². The van der Waals surface area contributed by atoms with Crippen LogP contribution in [0.25, 0.3) is 33.5 Å². The van der Waals surface area contributed by atoms with E-state index in [9.17, 15) is 4.79 Å². The first-order chi connectivity index (χ1) is 15.0. The molecule has 0 saturated carbocycles. The number of rotatable bonds is 3. The monoisotopic (exact) mass is 413 g/mol. The first-order valence-electron chi connectivity index (χ1n) is 10.9. The Labute approximate surface area is 181 Å². The summed E-state index contributed by atoms with van der Waals surface area (Å²) in [5, 5.41) is 9.31. The summed E-state index contributed by atoms with van der Waals surface area (Å²) in [6, 6.07) is 16.3. The zero-order chi connectivity index (χ0) is 21.7. The van der Waals surface area contributed by atoms with Gasteiger partial charge in [0.1, 0.15) is 0 Å². The van der Waals surface area contributed by atoms with Crippen molar-refractivity contribution < 1.29 is 4.79 Å². The van der Waals surface area contributed by atoms with E-state index in [-0.39, 0.29) is 11.8 Å². The quantitative estimate of drug-likeness (QED) is 0.528. The van der Waals surface area contributed by atoms with E-state index in [2.05, 4.69) is 53.3 Å². The molecule has 0 spiro atoms. The Hall–Kier alpha value is -3.41. The highest BCUT2D eigenvalue weighted by Gasteiger charge is 2.25. The van der Waals surface area contributed by atoms with E-state index in [1.54, 1.807) is 4.90 Å². The highest BCUT2D eigenvalue weighted by atomic mass is 16.2. The number of piperidine rings is 1. The van der Waals surface area contributed by atoms with Gasteiger partial charge in [-0.05, 0) is 49.6 Å². The number of carbonyl (C=O) groups excluding carboxylic acids is 1. The summed E-state index contributed by atoms with van der Waals surface area (Å²) < 4.78 is 4.38. The molecule has 158 valence electrons. The number of aromatic nitrogens is 3. The minimum absolute atomic E-state index is 0.0200. The molecule has 1 aliphatic rings. The minimum Gasteiger partial charge on any atom is -0.338 e. The van der Waals surface area contributed by atoms with Crippen molar-refractivity contribution in [2.24, 2.45) is 13.0 Å². The van der Waals surface area contributed by atoms with Crippen molar-refractivity contribution in [2.45, 2.75) is 26.8 Å². The first-order valence-corrected chi connectivity index (χ1v) is 10.9. The smallest absolute Gasteiger partial charge is 0.254 e. The van der Waals surface area contributed by atoms with E-state index < -0.39 is 0 Å². The molecule has 2 aromatic heterocycles. The lowest BCUT2D eigenvalue weighted by Gasteiger charge is -2.31. The third-order valence-electron chi connectivity index (χ3n) is 6.56. The first kappa shape index (κ1) is 19.5. The number of carbonyl (C=O) groups is 1. The van der Waals surface area contributed by atoms with Gasteiger partial charge in [-0.15, -0.1) is 0 Å². The summed E-state index contributed by atoms with van der Waals surface area (Å²) in [5.74, 6) is 1.13. The molecule has 0 bridgehead atoms. The third kappa shape index (κ3) is 3.14. The molecule has 0 aliphatic carbocycles. The molecule has 1 atom stereocenters. The van der Waals surface area contributed by atoms with E-state index in [4.69, 9.17) is 10.4 Å². The summed E-state index contributed by atoms with van der Waals surface area (Å²) >= 11 is 0. The molecule has 1 fully saturated rings. The number of aryl methyl sites for hydroxylation is 2. The molecule has 5 rings (SSSR count). The summed E-state index contributed by atoms with van der Waals surface area (Å²) in [6.07, 6.45) is 0.849. The summed E-state index contributed by atoms with van der Waals surface area (Å²) in [6.45, 7) is 6.18. The maximum Gasteiger partial charge on any atom is 0.254 e. The third-order valence-corrected chi connectivity index (χ3v) is 6.56. The van der Waals surface area contributed by atoms with E-state index in [1.165, 1.54) is 10.9 Å². The Kier molecular flexibility index (Phi) is 4.65. The van der Waals surface area contributed by atoms with Gasteiger partial charge in [-0.1, -0.05) is 25.1 Å². The van der Waals surface area contributed by atoms with Crippen LogP contribution in [0, 0.1) is 11.3 Å².